The van der Waals surface area contributed by atoms with E-state index in [1.54, 1.807) is 30.3 Å². The number of urea groups is 1. The van der Waals surface area contributed by atoms with Crippen LogP contribution in [-0.4, -0.2) is 34.7 Å². The molecule has 2 aromatic carbocycles. The van der Waals surface area contributed by atoms with Gasteiger partial charge in [-0.25, -0.2) is 9.59 Å². The van der Waals surface area contributed by atoms with E-state index in [4.69, 9.17) is 9.15 Å². The first-order valence-electron chi connectivity index (χ1n) is 8.16. The lowest BCUT2D eigenvalue weighted by atomic mass is 10.0. The van der Waals surface area contributed by atoms with Crippen LogP contribution in [0.2, 0.25) is 0 Å². The molecule has 3 amide bonds. The number of carbonyl (C=O) groups is 3. The van der Waals surface area contributed by atoms with E-state index in [0.29, 0.717) is 11.1 Å². The lowest BCUT2D eigenvalue weighted by Gasteiger charge is -2.10. The Morgan fingerprint density at radius 1 is 1.04 bits per heavy atom. The predicted molar refractivity (Wildman–Crippen MR) is 96.6 cm³/mol. The van der Waals surface area contributed by atoms with Gasteiger partial charge in [0.25, 0.3) is 5.91 Å². The van der Waals surface area contributed by atoms with E-state index in [2.05, 4.69) is 5.32 Å². The Labute approximate surface area is 158 Å². The Morgan fingerprint density at radius 2 is 1.79 bits per heavy atom. The smallest absolute Gasteiger partial charge is 0.342 e. The first-order valence-corrected chi connectivity index (χ1v) is 8.16. The van der Waals surface area contributed by atoms with Crippen molar-refractivity contribution >= 4 is 28.7 Å². The van der Waals surface area contributed by atoms with E-state index in [9.17, 15) is 24.6 Å². The molecule has 0 atom stereocenters. The van der Waals surface area contributed by atoms with Gasteiger partial charge in [0.05, 0.1) is 12.8 Å². The number of phenols is 2. The summed E-state index contributed by atoms with van der Waals surface area (Å²) in [7, 11) is 0. The summed E-state index contributed by atoms with van der Waals surface area (Å²) in [5.41, 5.74) is -0.300. The van der Waals surface area contributed by atoms with Crippen LogP contribution in [0.1, 0.15) is 16.1 Å². The van der Waals surface area contributed by atoms with E-state index in [1.807, 2.05) is 5.32 Å². The Morgan fingerprint density at radius 3 is 2.50 bits per heavy atom. The third kappa shape index (κ3) is 4.21. The van der Waals surface area contributed by atoms with Crippen molar-refractivity contribution in [3.63, 3.8) is 0 Å². The molecule has 1 heterocycles. The van der Waals surface area contributed by atoms with Gasteiger partial charge in [-0.15, -0.1) is 0 Å². The van der Waals surface area contributed by atoms with E-state index in [1.165, 1.54) is 12.3 Å². The zero-order valence-corrected chi connectivity index (χ0v) is 14.5. The number of nitrogens with one attached hydrogen (secondary N) is 2. The van der Waals surface area contributed by atoms with Crippen LogP contribution in [0.5, 0.6) is 11.5 Å². The van der Waals surface area contributed by atoms with Crippen LogP contribution < -0.4 is 10.6 Å². The molecule has 28 heavy (non-hydrogen) atoms. The van der Waals surface area contributed by atoms with Gasteiger partial charge in [-0.1, -0.05) is 24.3 Å². The Balaban J connectivity index is 1.56. The minimum Gasteiger partial charge on any atom is -0.507 e. The molecule has 0 radical (unpaired) electrons. The number of fused-ring (bicyclic) bond motifs is 1. The number of furan rings is 1. The maximum atomic E-state index is 12.1. The second kappa shape index (κ2) is 8.12. The van der Waals surface area contributed by atoms with E-state index >= 15 is 0 Å². The number of phenolic OH excluding ortho intramolecular Hbond substituents is 2. The average Bonchev–Trinajstić information content (AvgIpc) is 3.21. The summed E-state index contributed by atoms with van der Waals surface area (Å²) < 4.78 is 9.83. The third-order valence-electron chi connectivity index (χ3n) is 3.80. The fraction of sp³-hybridized carbons (Fsp3) is 0.105. The number of hydrogen-bond acceptors (Lipinski definition) is 7. The number of benzene rings is 2. The Bertz CT molecular complexity index is 1030. The number of imide groups is 1. The number of hydrogen-bond donors (Lipinski definition) is 4. The minimum atomic E-state index is -1.02. The molecule has 0 aliphatic heterocycles. The minimum absolute atomic E-state index is 0.0795. The highest BCUT2D eigenvalue weighted by molar-refractivity contribution is 6.04. The van der Waals surface area contributed by atoms with Crippen molar-refractivity contribution < 1.29 is 33.8 Å². The van der Waals surface area contributed by atoms with Crippen LogP contribution in [0.25, 0.3) is 10.8 Å². The number of amides is 3. The van der Waals surface area contributed by atoms with Gasteiger partial charge in [-0.05, 0) is 18.2 Å². The van der Waals surface area contributed by atoms with Crippen LogP contribution >= 0.6 is 0 Å². The maximum Gasteiger partial charge on any atom is 0.342 e. The second-order valence-electron chi connectivity index (χ2n) is 5.72. The van der Waals surface area contributed by atoms with Crippen molar-refractivity contribution in [1.29, 1.82) is 0 Å². The van der Waals surface area contributed by atoms with Gasteiger partial charge in [0.2, 0.25) is 0 Å². The normalized spacial score (nSPS) is 10.4. The fourth-order valence-corrected chi connectivity index (χ4v) is 2.49. The molecule has 3 aromatic rings. The number of rotatable bonds is 5. The highest BCUT2D eigenvalue weighted by Gasteiger charge is 2.19. The maximum absolute atomic E-state index is 12.1. The molecule has 1 aromatic heterocycles. The molecule has 0 saturated heterocycles. The lowest BCUT2D eigenvalue weighted by Crippen LogP contribution is -2.41. The van der Waals surface area contributed by atoms with Crippen molar-refractivity contribution in [2.24, 2.45) is 0 Å². The van der Waals surface area contributed by atoms with Crippen LogP contribution in [0.4, 0.5) is 4.79 Å². The van der Waals surface area contributed by atoms with Crippen LogP contribution in [0, 0.1) is 0 Å². The van der Waals surface area contributed by atoms with Gasteiger partial charge >= 0.3 is 12.0 Å². The molecule has 4 N–H and O–H groups in total. The Kier molecular flexibility index (Phi) is 5.45. The Hall–Kier alpha value is -4.01. The zero-order chi connectivity index (χ0) is 20.1. The molecule has 0 unspecified atom stereocenters. The van der Waals surface area contributed by atoms with Crippen molar-refractivity contribution in [3.8, 4) is 11.5 Å². The summed E-state index contributed by atoms with van der Waals surface area (Å²) in [6.45, 7) is -0.670. The molecule has 3 rings (SSSR count). The summed E-state index contributed by atoms with van der Waals surface area (Å²) in [6, 6.07) is 9.96. The van der Waals surface area contributed by atoms with Gasteiger partial charge < -0.3 is 24.7 Å². The molecule has 0 bridgehead atoms. The third-order valence-corrected chi connectivity index (χ3v) is 3.80. The summed E-state index contributed by atoms with van der Waals surface area (Å²) in [4.78, 5) is 35.5. The van der Waals surface area contributed by atoms with E-state index in [0.717, 1.165) is 6.07 Å². The summed E-state index contributed by atoms with van der Waals surface area (Å²) >= 11 is 0. The summed E-state index contributed by atoms with van der Waals surface area (Å²) in [6.07, 6.45) is 1.44. The van der Waals surface area contributed by atoms with Crippen molar-refractivity contribution in [2.45, 2.75) is 6.54 Å². The molecule has 0 spiro atoms. The van der Waals surface area contributed by atoms with E-state index < -0.39 is 24.5 Å². The summed E-state index contributed by atoms with van der Waals surface area (Å²) in [5.74, 6) is -1.99. The van der Waals surface area contributed by atoms with Crippen molar-refractivity contribution in [2.75, 3.05) is 6.61 Å². The van der Waals surface area contributed by atoms with Gasteiger partial charge in [0.15, 0.2) is 6.61 Å². The standard InChI is InChI=1S/C19H16N2O7/c22-15-8-14(17(24)13-6-2-1-5-12(13)15)18(25)28-10-16(23)21-19(26)20-9-11-4-3-7-27-11/h1-8,22,24H,9-10H2,(H2,20,21,23,26). The van der Waals surface area contributed by atoms with Gasteiger partial charge in [-0.2, -0.15) is 0 Å². The van der Waals surface area contributed by atoms with Crippen molar-refractivity contribution in [1.82, 2.24) is 10.6 Å². The molecule has 9 heteroatoms. The average molecular weight is 384 g/mol. The summed E-state index contributed by atoms with van der Waals surface area (Å²) in [5, 5.41) is 25.2. The first kappa shape index (κ1) is 18.8. The highest BCUT2D eigenvalue weighted by atomic mass is 16.5. The first-order chi connectivity index (χ1) is 13.5. The second-order valence-corrected chi connectivity index (χ2v) is 5.72. The highest BCUT2D eigenvalue weighted by Crippen LogP contribution is 2.35. The largest absolute Gasteiger partial charge is 0.507 e. The molecule has 0 fully saturated rings. The number of carbonyl (C=O) groups excluding carboxylic acids is 3. The lowest BCUT2D eigenvalue weighted by molar-refractivity contribution is -0.123. The molecule has 9 nitrogen and oxygen atoms in total. The number of esters is 1. The molecular formula is C19H16N2O7. The monoisotopic (exact) mass is 384 g/mol. The molecule has 0 aliphatic carbocycles. The van der Waals surface area contributed by atoms with Gasteiger partial charge in [0.1, 0.15) is 22.8 Å². The SMILES string of the molecule is O=C(COC(=O)c1cc(O)c2ccccc2c1O)NC(=O)NCc1ccco1. The number of ether oxygens (including phenoxy) is 1. The van der Waals surface area contributed by atoms with Crippen LogP contribution in [0.3, 0.4) is 0 Å². The number of aromatic hydroxyl groups is 2. The quantitative estimate of drug-likeness (QED) is 0.390. The zero-order valence-electron chi connectivity index (χ0n) is 14.5. The molecular weight excluding hydrogens is 368 g/mol. The fourth-order valence-electron chi connectivity index (χ4n) is 2.49. The van der Waals surface area contributed by atoms with Gasteiger partial charge in [-0.3, -0.25) is 10.1 Å². The topological polar surface area (TPSA) is 138 Å². The van der Waals surface area contributed by atoms with Crippen LogP contribution in [-0.2, 0) is 16.1 Å². The van der Waals surface area contributed by atoms with E-state index in [-0.39, 0.29) is 29.0 Å². The molecule has 0 saturated carbocycles. The predicted octanol–water partition coefficient (Wildman–Crippen LogP) is 2.03. The molecule has 0 aliphatic rings. The van der Waals surface area contributed by atoms with Gasteiger partial charge in [0, 0.05) is 10.8 Å². The van der Waals surface area contributed by atoms with Crippen molar-refractivity contribution in [3.05, 3.63) is 60.1 Å². The molecule has 144 valence electrons. The van der Waals surface area contributed by atoms with Crippen LogP contribution in [0.15, 0.2) is 53.1 Å².